The van der Waals surface area contributed by atoms with E-state index in [0.29, 0.717) is 18.2 Å². The van der Waals surface area contributed by atoms with Crippen LogP contribution in [-0.2, 0) is 16.0 Å². The average molecular weight is 348 g/mol. The van der Waals surface area contributed by atoms with Crippen molar-refractivity contribution in [3.63, 3.8) is 0 Å². The summed E-state index contributed by atoms with van der Waals surface area (Å²) in [5.41, 5.74) is 2.34. The Labute approximate surface area is 144 Å². The van der Waals surface area contributed by atoms with Gasteiger partial charge in [0.15, 0.2) is 0 Å². The summed E-state index contributed by atoms with van der Waals surface area (Å²) in [6.07, 6.45) is 2.14. The van der Waals surface area contributed by atoms with Crippen molar-refractivity contribution in [2.45, 2.75) is 33.1 Å². The Bertz CT molecular complexity index is 390. The molecular formula is C17H27Cl2NO2. The summed E-state index contributed by atoms with van der Waals surface area (Å²) in [4.78, 5) is 13.2. The Hall–Kier alpha value is -0.930. The van der Waals surface area contributed by atoms with E-state index in [9.17, 15) is 4.79 Å². The summed E-state index contributed by atoms with van der Waals surface area (Å²) in [5, 5.41) is 0. The minimum atomic E-state index is -0.156. The lowest BCUT2D eigenvalue weighted by molar-refractivity contribution is -0.140. The van der Waals surface area contributed by atoms with Crippen LogP contribution in [0.2, 0.25) is 0 Å². The van der Waals surface area contributed by atoms with Crippen LogP contribution in [0, 0.1) is 0 Å². The number of aryl methyl sites for hydroxylation is 1. The summed E-state index contributed by atoms with van der Waals surface area (Å²) >= 11 is 11.6. The highest BCUT2D eigenvalue weighted by Gasteiger charge is 2.05. The number of carbonyl (C=O) groups excluding carboxylic acids is 1. The molecule has 0 saturated heterocycles. The van der Waals surface area contributed by atoms with Crippen LogP contribution >= 0.6 is 23.2 Å². The number of halogens is 2. The average Bonchev–Trinajstić information content (AvgIpc) is 2.57. The molecule has 0 unspecified atom stereocenters. The molecule has 1 aromatic carbocycles. The molecule has 5 heteroatoms. The third kappa shape index (κ3) is 8.50. The predicted octanol–water partition coefficient (Wildman–Crippen LogP) is 4.49. The highest BCUT2D eigenvalue weighted by Crippen LogP contribution is 2.16. The van der Waals surface area contributed by atoms with Crippen LogP contribution in [-0.4, -0.2) is 37.9 Å². The van der Waals surface area contributed by atoms with Gasteiger partial charge in [0.05, 0.1) is 7.11 Å². The molecule has 0 spiro atoms. The molecule has 1 rings (SSSR count). The van der Waals surface area contributed by atoms with Crippen molar-refractivity contribution in [2.75, 3.05) is 36.9 Å². The van der Waals surface area contributed by atoms with Crippen molar-refractivity contribution in [2.24, 2.45) is 0 Å². The number of rotatable bonds is 9. The molecule has 0 N–H and O–H groups in total. The van der Waals surface area contributed by atoms with Crippen molar-refractivity contribution >= 4 is 34.9 Å². The zero-order chi connectivity index (χ0) is 16.8. The lowest BCUT2D eigenvalue weighted by Gasteiger charge is -2.23. The maximum Gasteiger partial charge on any atom is 0.305 e. The number of hydrogen-bond donors (Lipinski definition) is 0. The Balaban J connectivity index is 0.00000211. The molecule has 0 aliphatic heterocycles. The van der Waals surface area contributed by atoms with Crippen molar-refractivity contribution < 1.29 is 9.53 Å². The van der Waals surface area contributed by atoms with E-state index in [-0.39, 0.29) is 5.97 Å². The molecule has 0 bridgehead atoms. The quantitative estimate of drug-likeness (QED) is 0.486. The third-order valence-corrected chi connectivity index (χ3v) is 3.42. The van der Waals surface area contributed by atoms with Gasteiger partial charge in [0, 0.05) is 37.0 Å². The Morgan fingerprint density at radius 2 is 1.64 bits per heavy atom. The normalized spacial score (nSPS) is 9.68. The maximum atomic E-state index is 11.0. The SMILES string of the molecule is CC.COC(=O)CCCc1ccc(N(CCCl)CCCl)cc1. The van der Waals surface area contributed by atoms with E-state index >= 15 is 0 Å². The van der Waals surface area contributed by atoms with Gasteiger partial charge in [0.2, 0.25) is 0 Å². The van der Waals surface area contributed by atoms with E-state index in [1.807, 2.05) is 13.8 Å². The number of benzene rings is 1. The van der Waals surface area contributed by atoms with Crippen LogP contribution in [0.5, 0.6) is 0 Å². The predicted molar refractivity (Wildman–Crippen MR) is 96.4 cm³/mol. The molecule has 0 saturated carbocycles. The number of carbonyl (C=O) groups is 1. The molecular weight excluding hydrogens is 321 g/mol. The van der Waals surface area contributed by atoms with Gasteiger partial charge in [-0.1, -0.05) is 26.0 Å². The summed E-state index contributed by atoms with van der Waals surface area (Å²) in [6.45, 7) is 5.58. The fraction of sp³-hybridized carbons (Fsp3) is 0.588. The summed E-state index contributed by atoms with van der Waals surface area (Å²) in [5.74, 6) is 1.01. The molecule has 0 fully saturated rings. The molecule has 1 aromatic rings. The number of hydrogen-bond acceptors (Lipinski definition) is 3. The smallest absolute Gasteiger partial charge is 0.305 e. The van der Waals surface area contributed by atoms with Gasteiger partial charge < -0.3 is 9.64 Å². The highest BCUT2D eigenvalue weighted by molar-refractivity contribution is 6.18. The maximum absolute atomic E-state index is 11.0. The van der Waals surface area contributed by atoms with E-state index in [1.54, 1.807) is 0 Å². The molecule has 22 heavy (non-hydrogen) atoms. The van der Waals surface area contributed by atoms with Crippen molar-refractivity contribution in [3.05, 3.63) is 29.8 Å². The number of anilines is 1. The standard InChI is InChI=1S/C15H21Cl2NO2.C2H6/c1-20-15(19)4-2-3-13-5-7-14(8-6-13)18(11-9-16)12-10-17;1-2/h5-8H,2-4,9-12H2,1H3;1-2H3. The first-order valence-electron chi connectivity index (χ1n) is 7.74. The molecule has 126 valence electrons. The second-order valence-electron chi connectivity index (χ2n) is 4.46. The Morgan fingerprint density at radius 1 is 1.09 bits per heavy atom. The van der Waals surface area contributed by atoms with Crippen LogP contribution in [0.4, 0.5) is 5.69 Å². The molecule has 0 radical (unpaired) electrons. The lowest BCUT2D eigenvalue weighted by Crippen LogP contribution is -2.27. The van der Waals surface area contributed by atoms with Crippen molar-refractivity contribution in [1.29, 1.82) is 0 Å². The van der Waals surface area contributed by atoms with Crippen LogP contribution < -0.4 is 4.90 Å². The minimum Gasteiger partial charge on any atom is -0.469 e. The number of ether oxygens (including phenoxy) is 1. The van der Waals surface area contributed by atoms with Crippen molar-refractivity contribution in [1.82, 2.24) is 0 Å². The fourth-order valence-electron chi connectivity index (χ4n) is 1.99. The lowest BCUT2D eigenvalue weighted by atomic mass is 10.1. The number of alkyl halides is 2. The Morgan fingerprint density at radius 3 is 2.09 bits per heavy atom. The van der Waals surface area contributed by atoms with E-state index in [4.69, 9.17) is 23.2 Å². The first kappa shape index (κ1) is 21.1. The molecule has 0 atom stereocenters. The first-order valence-corrected chi connectivity index (χ1v) is 8.80. The summed E-state index contributed by atoms with van der Waals surface area (Å²) < 4.78 is 4.62. The second kappa shape index (κ2) is 13.7. The Kier molecular flexibility index (Phi) is 13.1. The third-order valence-electron chi connectivity index (χ3n) is 3.08. The molecule has 0 aromatic heterocycles. The van der Waals surface area contributed by atoms with Crippen LogP contribution in [0.15, 0.2) is 24.3 Å². The number of nitrogens with zero attached hydrogens (tertiary/aromatic N) is 1. The second-order valence-corrected chi connectivity index (χ2v) is 5.22. The van der Waals surface area contributed by atoms with E-state index in [2.05, 4.69) is 33.9 Å². The van der Waals surface area contributed by atoms with Gasteiger partial charge in [-0.2, -0.15) is 0 Å². The van der Waals surface area contributed by atoms with E-state index < -0.39 is 0 Å². The van der Waals surface area contributed by atoms with Gasteiger partial charge in [-0.25, -0.2) is 0 Å². The first-order chi connectivity index (χ1) is 10.7. The summed E-state index contributed by atoms with van der Waals surface area (Å²) in [7, 11) is 1.42. The van der Waals surface area contributed by atoms with Gasteiger partial charge in [-0.05, 0) is 30.5 Å². The van der Waals surface area contributed by atoms with Gasteiger partial charge in [0.25, 0.3) is 0 Å². The topological polar surface area (TPSA) is 29.5 Å². The van der Waals surface area contributed by atoms with Crippen LogP contribution in [0.3, 0.4) is 0 Å². The zero-order valence-electron chi connectivity index (χ0n) is 13.8. The van der Waals surface area contributed by atoms with E-state index in [0.717, 1.165) is 31.6 Å². The largest absolute Gasteiger partial charge is 0.469 e. The fourth-order valence-corrected chi connectivity index (χ4v) is 2.39. The molecule has 0 heterocycles. The van der Waals surface area contributed by atoms with Crippen LogP contribution in [0.1, 0.15) is 32.3 Å². The van der Waals surface area contributed by atoms with Crippen LogP contribution in [0.25, 0.3) is 0 Å². The summed E-state index contributed by atoms with van der Waals surface area (Å²) in [6, 6.07) is 8.32. The highest BCUT2D eigenvalue weighted by atomic mass is 35.5. The molecule has 3 nitrogen and oxygen atoms in total. The van der Waals surface area contributed by atoms with Gasteiger partial charge >= 0.3 is 5.97 Å². The number of esters is 1. The van der Waals surface area contributed by atoms with E-state index in [1.165, 1.54) is 12.7 Å². The van der Waals surface area contributed by atoms with Crippen molar-refractivity contribution in [3.8, 4) is 0 Å². The van der Waals surface area contributed by atoms with Gasteiger partial charge in [-0.15, -0.1) is 23.2 Å². The molecule has 0 amide bonds. The van der Waals surface area contributed by atoms with Gasteiger partial charge in [-0.3, -0.25) is 4.79 Å². The van der Waals surface area contributed by atoms with Gasteiger partial charge in [0.1, 0.15) is 0 Å². The number of methoxy groups -OCH3 is 1. The minimum absolute atomic E-state index is 0.156. The molecule has 0 aliphatic rings. The zero-order valence-corrected chi connectivity index (χ0v) is 15.3. The molecule has 0 aliphatic carbocycles. The monoisotopic (exact) mass is 347 g/mol.